The number of carbonyl (C=O) groups is 1. The Morgan fingerprint density at radius 3 is 2.60 bits per heavy atom. The van der Waals surface area contributed by atoms with Crippen molar-refractivity contribution in [3.05, 3.63) is 0 Å². The topological polar surface area (TPSA) is 66.6 Å². The lowest BCUT2D eigenvalue weighted by atomic mass is 9.72. The van der Waals surface area contributed by atoms with Crippen molar-refractivity contribution in [3.8, 4) is 0 Å². The van der Waals surface area contributed by atoms with Crippen molar-refractivity contribution in [2.24, 2.45) is 11.1 Å². The molecule has 2 aliphatic rings. The van der Waals surface area contributed by atoms with E-state index >= 15 is 0 Å². The third-order valence-electron chi connectivity index (χ3n) is 4.92. The van der Waals surface area contributed by atoms with Crippen LogP contribution in [0.15, 0.2) is 0 Å². The van der Waals surface area contributed by atoms with E-state index in [1.807, 2.05) is 4.90 Å². The molecule has 1 aliphatic heterocycles. The molecule has 1 atom stereocenters. The van der Waals surface area contributed by atoms with E-state index in [2.05, 4.69) is 0 Å². The van der Waals surface area contributed by atoms with E-state index in [-0.39, 0.29) is 18.6 Å². The van der Waals surface area contributed by atoms with E-state index in [4.69, 9.17) is 23.1 Å². The molecule has 20 heavy (non-hydrogen) atoms. The molecule has 1 heterocycles. The van der Waals surface area contributed by atoms with Crippen LogP contribution >= 0.6 is 12.2 Å². The van der Waals surface area contributed by atoms with Crippen LogP contribution in [0.3, 0.4) is 0 Å². The highest BCUT2D eigenvalue weighted by atomic mass is 32.1. The number of likely N-dealkylation sites (tertiary alicyclic amines) is 1. The van der Waals surface area contributed by atoms with Crippen molar-refractivity contribution >= 4 is 23.1 Å². The van der Waals surface area contributed by atoms with Crippen molar-refractivity contribution in [1.29, 1.82) is 0 Å². The van der Waals surface area contributed by atoms with Crippen LogP contribution in [0.25, 0.3) is 0 Å². The second kappa shape index (κ2) is 6.85. The Hall–Kier alpha value is -0.680. The molecule has 5 heteroatoms. The minimum absolute atomic E-state index is 0.158. The molecule has 1 amide bonds. The zero-order chi connectivity index (χ0) is 14.6. The van der Waals surface area contributed by atoms with Gasteiger partial charge in [-0.05, 0) is 38.5 Å². The summed E-state index contributed by atoms with van der Waals surface area (Å²) in [6.07, 6.45) is 8.61. The number of aliphatic hydroxyl groups is 1. The third kappa shape index (κ3) is 2.98. The molecule has 2 fully saturated rings. The van der Waals surface area contributed by atoms with Crippen molar-refractivity contribution in [3.63, 3.8) is 0 Å². The second-order valence-corrected chi connectivity index (χ2v) is 6.61. The van der Waals surface area contributed by atoms with Crippen LogP contribution in [-0.4, -0.2) is 40.1 Å². The van der Waals surface area contributed by atoms with Crippen LogP contribution in [-0.2, 0) is 4.79 Å². The quantitative estimate of drug-likeness (QED) is 0.762. The number of aliphatic hydroxyl groups excluding tert-OH is 1. The molecule has 114 valence electrons. The van der Waals surface area contributed by atoms with Crippen molar-refractivity contribution in [2.75, 3.05) is 13.2 Å². The van der Waals surface area contributed by atoms with Crippen molar-refractivity contribution < 1.29 is 9.90 Å². The molecular weight excluding hydrogens is 272 g/mol. The minimum Gasteiger partial charge on any atom is -0.396 e. The number of thiocarbonyl (C=S) groups is 1. The first-order chi connectivity index (χ1) is 9.62. The van der Waals surface area contributed by atoms with Gasteiger partial charge in [0.25, 0.3) is 0 Å². The van der Waals surface area contributed by atoms with Gasteiger partial charge in [0, 0.05) is 19.2 Å². The van der Waals surface area contributed by atoms with Gasteiger partial charge in [-0.25, -0.2) is 0 Å². The molecule has 1 aliphatic carbocycles. The summed E-state index contributed by atoms with van der Waals surface area (Å²) in [5.74, 6) is 0.158. The van der Waals surface area contributed by atoms with Crippen LogP contribution in [0.2, 0.25) is 0 Å². The Morgan fingerprint density at radius 2 is 2.00 bits per heavy atom. The summed E-state index contributed by atoms with van der Waals surface area (Å²) < 4.78 is 0. The van der Waals surface area contributed by atoms with Crippen molar-refractivity contribution in [1.82, 2.24) is 4.90 Å². The maximum atomic E-state index is 13.0. The van der Waals surface area contributed by atoms with E-state index in [1.54, 1.807) is 0 Å². The van der Waals surface area contributed by atoms with Gasteiger partial charge in [-0.1, -0.05) is 31.5 Å². The zero-order valence-electron chi connectivity index (χ0n) is 12.1. The standard InChI is InChI=1S/C15H26N2O2S/c16-13(20)15(8-2-1-3-9-15)14(19)17-10-4-6-12(17)7-5-11-18/h12,18H,1-11H2,(H2,16,20). The molecule has 0 aromatic carbocycles. The smallest absolute Gasteiger partial charge is 0.235 e. The predicted molar refractivity (Wildman–Crippen MR) is 83.4 cm³/mol. The fraction of sp³-hybridized carbons (Fsp3) is 0.867. The highest BCUT2D eigenvalue weighted by molar-refractivity contribution is 7.80. The average Bonchev–Trinajstić information content (AvgIpc) is 2.93. The summed E-state index contributed by atoms with van der Waals surface area (Å²) in [5, 5.41) is 8.99. The van der Waals surface area contributed by atoms with E-state index < -0.39 is 5.41 Å². The van der Waals surface area contributed by atoms with Crippen molar-refractivity contribution in [2.45, 2.75) is 63.8 Å². The molecule has 0 aromatic rings. The molecule has 1 saturated heterocycles. The summed E-state index contributed by atoms with van der Waals surface area (Å²) >= 11 is 5.26. The normalized spacial score (nSPS) is 25.6. The largest absolute Gasteiger partial charge is 0.396 e. The number of rotatable bonds is 5. The SMILES string of the molecule is NC(=S)C1(C(=O)N2CCCC2CCCO)CCCCC1. The van der Waals surface area contributed by atoms with Gasteiger partial charge < -0.3 is 15.7 Å². The molecule has 0 radical (unpaired) electrons. The van der Waals surface area contributed by atoms with Gasteiger partial charge in [-0.15, -0.1) is 0 Å². The van der Waals surface area contributed by atoms with Crippen LogP contribution in [0, 0.1) is 5.41 Å². The highest BCUT2D eigenvalue weighted by Gasteiger charge is 2.46. The Balaban J connectivity index is 2.12. The molecule has 0 spiro atoms. The molecular formula is C15H26N2O2S. The monoisotopic (exact) mass is 298 g/mol. The van der Waals surface area contributed by atoms with Gasteiger partial charge >= 0.3 is 0 Å². The first kappa shape index (κ1) is 15.7. The predicted octanol–water partition coefficient (Wildman–Crippen LogP) is 1.99. The molecule has 3 N–H and O–H groups in total. The Labute approximate surface area is 126 Å². The Morgan fingerprint density at radius 1 is 1.30 bits per heavy atom. The summed E-state index contributed by atoms with van der Waals surface area (Å²) in [6, 6.07) is 0.266. The third-order valence-corrected chi connectivity index (χ3v) is 5.31. The van der Waals surface area contributed by atoms with Crippen LogP contribution in [0.1, 0.15) is 57.8 Å². The summed E-state index contributed by atoms with van der Waals surface area (Å²) in [7, 11) is 0. The maximum absolute atomic E-state index is 13.0. The van der Waals surface area contributed by atoms with Crippen LogP contribution in [0.5, 0.6) is 0 Å². The van der Waals surface area contributed by atoms with E-state index in [9.17, 15) is 4.79 Å². The highest BCUT2D eigenvalue weighted by Crippen LogP contribution is 2.40. The number of carbonyl (C=O) groups excluding carboxylic acids is 1. The minimum atomic E-state index is -0.588. The summed E-state index contributed by atoms with van der Waals surface area (Å²) in [6.45, 7) is 1.01. The molecule has 2 rings (SSSR count). The number of hydrogen-bond acceptors (Lipinski definition) is 3. The lowest BCUT2D eigenvalue weighted by Crippen LogP contribution is -2.52. The summed E-state index contributed by atoms with van der Waals surface area (Å²) in [5.41, 5.74) is 5.37. The van der Waals surface area contributed by atoms with Gasteiger partial charge in [0.2, 0.25) is 5.91 Å². The fourth-order valence-electron chi connectivity index (χ4n) is 3.73. The molecule has 4 nitrogen and oxygen atoms in total. The second-order valence-electron chi connectivity index (χ2n) is 6.17. The Kier molecular flexibility index (Phi) is 5.38. The first-order valence-electron chi connectivity index (χ1n) is 7.83. The fourth-order valence-corrected chi connectivity index (χ4v) is 4.02. The van der Waals surface area contributed by atoms with E-state index in [1.165, 1.54) is 6.42 Å². The maximum Gasteiger partial charge on any atom is 0.235 e. The number of amides is 1. The van der Waals surface area contributed by atoms with Crippen LogP contribution < -0.4 is 5.73 Å². The van der Waals surface area contributed by atoms with E-state index in [0.29, 0.717) is 4.99 Å². The van der Waals surface area contributed by atoms with Gasteiger partial charge in [-0.2, -0.15) is 0 Å². The number of nitrogens with zero attached hydrogens (tertiary/aromatic N) is 1. The zero-order valence-corrected chi connectivity index (χ0v) is 13.0. The first-order valence-corrected chi connectivity index (χ1v) is 8.24. The molecule has 1 unspecified atom stereocenters. The van der Waals surface area contributed by atoms with E-state index in [0.717, 1.165) is 57.9 Å². The molecule has 1 saturated carbocycles. The number of hydrogen-bond donors (Lipinski definition) is 2. The Bertz CT molecular complexity index is 367. The number of nitrogens with two attached hydrogens (primary N) is 1. The lowest BCUT2D eigenvalue weighted by Gasteiger charge is -2.39. The summed E-state index contributed by atoms with van der Waals surface area (Å²) in [4.78, 5) is 15.4. The molecule has 0 bridgehead atoms. The van der Waals surface area contributed by atoms with Gasteiger partial charge in [0.1, 0.15) is 0 Å². The van der Waals surface area contributed by atoms with Gasteiger partial charge in [0.15, 0.2) is 0 Å². The van der Waals surface area contributed by atoms with Crippen LogP contribution in [0.4, 0.5) is 0 Å². The van der Waals surface area contributed by atoms with Gasteiger partial charge in [0.05, 0.1) is 10.4 Å². The lowest BCUT2D eigenvalue weighted by molar-refractivity contribution is -0.140. The average molecular weight is 298 g/mol. The van der Waals surface area contributed by atoms with Gasteiger partial charge in [-0.3, -0.25) is 4.79 Å². The molecule has 0 aromatic heterocycles.